The predicted octanol–water partition coefficient (Wildman–Crippen LogP) is -0.556. The summed E-state index contributed by atoms with van der Waals surface area (Å²) in [6.07, 6.45) is 1.60. The number of aromatic amines is 1. The van der Waals surface area contributed by atoms with Crippen molar-refractivity contribution in [1.82, 2.24) is 19.9 Å². The molecule has 80 valence electrons. The summed E-state index contributed by atoms with van der Waals surface area (Å²) in [5, 5.41) is 8.52. The monoisotopic (exact) mass is 209 g/mol. The number of nitrogen functional groups attached to an aromatic ring is 1. The summed E-state index contributed by atoms with van der Waals surface area (Å²) in [5.74, 6) is 0.829. The lowest BCUT2D eigenvalue weighted by Gasteiger charge is -1.99. The maximum absolute atomic E-state index is 8.52. The Hall–Kier alpha value is -1.73. The molecular formula is C8H11N5O2. The molecule has 0 spiro atoms. The molecule has 15 heavy (non-hydrogen) atoms. The van der Waals surface area contributed by atoms with E-state index in [9.17, 15) is 0 Å². The van der Waals surface area contributed by atoms with E-state index in [0.29, 0.717) is 22.9 Å². The second kappa shape index (κ2) is 4.20. The first-order chi connectivity index (χ1) is 7.29. The number of nitrogens with one attached hydrogen (secondary N) is 1. The highest BCUT2D eigenvalue weighted by Crippen LogP contribution is 2.08. The molecule has 7 heteroatoms. The minimum atomic E-state index is -0.0163. The number of H-pyrrole nitrogens is 1. The first-order valence-corrected chi connectivity index (χ1v) is 4.45. The summed E-state index contributed by atoms with van der Waals surface area (Å²) in [6.45, 7) is 0.505. The topological polar surface area (TPSA) is 110 Å². The first-order valence-electron chi connectivity index (χ1n) is 4.45. The third-order valence-electron chi connectivity index (χ3n) is 1.77. The van der Waals surface area contributed by atoms with E-state index in [1.807, 2.05) is 0 Å². The average Bonchev–Trinajstić information content (AvgIpc) is 2.57. The predicted molar refractivity (Wildman–Crippen MR) is 52.8 cm³/mol. The van der Waals surface area contributed by atoms with Gasteiger partial charge in [0.25, 0.3) is 0 Å². The fourth-order valence-corrected chi connectivity index (χ4v) is 1.16. The van der Waals surface area contributed by atoms with Crippen LogP contribution in [-0.2, 0) is 11.3 Å². The van der Waals surface area contributed by atoms with Crippen LogP contribution in [0.1, 0.15) is 5.82 Å². The molecule has 0 saturated carbocycles. The summed E-state index contributed by atoms with van der Waals surface area (Å²) >= 11 is 0. The summed E-state index contributed by atoms with van der Waals surface area (Å²) in [4.78, 5) is 15.0. The van der Waals surface area contributed by atoms with E-state index in [2.05, 4.69) is 19.9 Å². The lowest BCUT2D eigenvalue weighted by molar-refractivity contribution is 0.0778. The van der Waals surface area contributed by atoms with Gasteiger partial charge in [0, 0.05) is 0 Å². The summed E-state index contributed by atoms with van der Waals surface area (Å²) in [5.41, 5.74) is 6.68. The summed E-state index contributed by atoms with van der Waals surface area (Å²) in [6, 6.07) is 0. The number of ether oxygens (including phenoxy) is 1. The molecule has 0 fully saturated rings. The van der Waals surface area contributed by atoms with Crippen molar-refractivity contribution in [1.29, 1.82) is 0 Å². The van der Waals surface area contributed by atoms with Crippen LogP contribution < -0.4 is 5.73 Å². The Bertz CT molecular complexity index is 455. The van der Waals surface area contributed by atoms with Crippen molar-refractivity contribution in [2.75, 3.05) is 18.9 Å². The van der Waals surface area contributed by atoms with E-state index >= 15 is 0 Å². The molecule has 0 amide bonds. The molecule has 0 radical (unpaired) electrons. The van der Waals surface area contributed by atoms with Gasteiger partial charge in [-0.05, 0) is 0 Å². The number of hydrogen-bond acceptors (Lipinski definition) is 6. The molecular weight excluding hydrogens is 198 g/mol. The maximum Gasteiger partial charge on any atom is 0.200 e. The van der Waals surface area contributed by atoms with Crippen LogP contribution in [0, 0.1) is 0 Å². The zero-order chi connectivity index (χ0) is 10.7. The van der Waals surface area contributed by atoms with Crippen LogP contribution in [-0.4, -0.2) is 38.3 Å². The number of fused-ring (bicyclic) bond motifs is 1. The normalized spacial score (nSPS) is 11.0. The van der Waals surface area contributed by atoms with E-state index in [-0.39, 0.29) is 19.8 Å². The molecule has 0 unspecified atom stereocenters. The molecule has 2 heterocycles. The Kier molecular flexibility index (Phi) is 2.75. The fraction of sp³-hybridized carbons (Fsp3) is 0.375. The van der Waals surface area contributed by atoms with Gasteiger partial charge in [-0.15, -0.1) is 0 Å². The average molecular weight is 209 g/mol. The third-order valence-corrected chi connectivity index (χ3v) is 1.77. The van der Waals surface area contributed by atoms with Crippen LogP contribution in [0.15, 0.2) is 6.20 Å². The van der Waals surface area contributed by atoms with E-state index in [4.69, 9.17) is 15.6 Å². The lowest BCUT2D eigenvalue weighted by atomic mass is 10.5. The molecule has 0 aliphatic carbocycles. The molecule has 0 bridgehead atoms. The molecule has 0 aromatic carbocycles. The molecule has 7 nitrogen and oxygen atoms in total. The van der Waals surface area contributed by atoms with Gasteiger partial charge in [0.1, 0.15) is 12.1 Å². The van der Waals surface area contributed by atoms with Crippen molar-refractivity contribution in [2.24, 2.45) is 0 Å². The first kappa shape index (κ1) is 9.81. The number of imidazole rings is 1. The van der Waals surface area contributed by atoms with Gasteiger partial charge in [-0.3, -0.25) is 0 Å². The quantitative estimate of drug-likeness (QED) is 0.582. The molecule has 0 aliphatic rings. The van der Waals surface area contributed by atoms with E-state index < -0.39 is 0 Å². The van der Waals surface area contributed by atoms with Crippen molar-refractivity contribution in [3.05, 3.63) is 12.0 Å². The number of nitrogens with zero attached hydrogens (tertiary/aromatic N) is 3. The number of aliphatic hydroxyl groups is 1. The van der Waals surface area contributed by atoms with Gasteiger partial charge in [-0.25, -0.2) is 9.97 Å². The van der Waals surface area contributed by atoms with Crippen LogP contribution in [0.3, 0.4) is 0 Å². The molecule has 2 aromatic heterocycles. The SMILES string of the molecule is Nc1nc2nc(COCCO)ncc2[nH]1. The van der Waals surface area contributed by atoms with Crippen molar-refractivity contribution in [2.45, 2.75) is 6.61 Å². The third kappa shape index (κ3) is 2.20. The van der Waals surface area contributed by atoms with Gasteiger partial charge in [0.05, 0.1) is 19.4 Å². The van der Waals surface area contributed by atoms with Crippen LogP contribution in [0.5, 0.6) is 0 Å². The van der Waals surface area contributed by atoms with E-state index in [0.717, 1.165) is 0 Å². The number of aromatic nitrogens is 4. The minimum absolute atomic E-state index is 0.0163. The summed E-state index contributed by atoms with van der Waals surface area (Å²) < 4.78 is 5.08. The fourth-order valence-electron chi connectivity index (χ4n) is 1.16. The number of anilines is 1. The Balaban J connectivity index is 2.15. The lowest BCUT2D eigenvalue weighted by Crippen LogP contribution is -2.02. The Morgan fingerprint density at radius 1 is 1.47 bits per heavy atom. The maximum atomic E-state index is 8.52. The second-order valence-corrected chi connectivity index (χ2v) is 2.92. The zero-order valence-electron chi connectivity index (χ0n) is 7.97. The minimum Gasteiger partial charge on any atom is -0.394 e. The molecule has 0 saturated heterocycles. The molecule has 2 aromatic rings. The molecule has 0 atom stereocenters. The van der Waals surface area contributed by atoms with Crippen molar-refractivity contribution in [3.63, 3.8) is 0 Å². The number of rotatable bonds is 4. The molecule has 2 rings (SSSR count). The van der Waals surface area contributed by atoms with Crippen molar-refractivity contribution >= 4 is 17.1 Å². The van der Waals surface area contributed by atoms with Crippen LogP contribution in [0.4, 0.5) is 5.95 Å². The largest absolute Gasteiger partial charge is 0.394 e. The van der Waals surface area contributed by atoms with E-state index in [1.165, 1.54) is 0 Å². The number of nitrogens with two attached hydrogens (primary N) is 1. The van der Waals surface area contributed by atoms with Gasteiger partial charge in [0.15, 0.2) is 17.4 Å². The highest BCUT2D eigenvalue weighted by molar-refractivity contribution is 5.71. The van der Waals surface area contributed by atoms with Gasteiger partial charge in [0.2, 0.25) is 0 Å². The number of aliphatic hydroxyl groups excluding tert-OH is 1. The van der Waals surface area contributed by atoms with Crippen molar-refractivity contribution < 1.29 is 9.84 Å². The highest BCUT2D eigenvalue weighted by Gasteiger charge is 2.03. The number of hydrogen-bond donors (Lipinski definition) is 3. The van der Waals surface area contributed by atoms with Gasteiger partial charge >= 0.3 is 0 Å². The Morgan fingerprint density at radius 2 is 2.33 bits per heavy atom. The van der Waals surface area contributed by atoms with Gasteiger partial charge in [-0.2, -0.15) is 4.98 Å². The highest BCUT2D eigenvalue weighted by atomic mass is 16.5. The van der Waals surface area contributed by atoms with Crippen LogP contribution >= 0.6 is 0 Å². The molecule has 4 N–H and O–H groups in total. The Labute approximate surface area is 85.3 Å². The standard InChI is InChI=1S/C8H11N5O2/c9-8-11-5-3-10-6(4-15-2-1-14)12-7(5)13-8/h3,14H,1-2,4H2,(H3,9,10,11,12,13). The van der Waals surface area contributed by atoms with Gasteiger partial charge < -0.3 is 20.6 Å². The zero-order valence-corrected chi connectivity index (χ0v) is 7.97. The smallest absolute Gasteiger partial charge is 0.200 e. The summed E-state index contributed by atoms with van der Waals surface area (Å²) in [7, 11) is 0. The van der Waals surface area contributed by atoms with Crippen molar-refractivity contribution in [3.8, 4) is 0 Å². The second-order valence-electron chi connectivity index (χ2n) is 2.92. The Morgan fingerprint density at radius 3 is 3.13 bits per heavy atom. The van der Waals surface area contributed by atoms with Gasteiger partial charge in [-0.1, -0.05) is 0 Å². The molecule has 0 aliphatic heterocycles. The van der Waals surface area contributed by atoms with Crippen LogP contribution in [0.2, 0.25) is 0 Å². The van der Waals surface area contributed by atoms with Crippen LogP contribution in [0.25, 0.3) is 11.2 Å². The van der Waals surface area contributed by atoms with E-state index in [1.54, 1.807) is 6.20 Å².